The van der Waals surface area contributed by atoms with Gasteiger partial charge in [-0.2, -0.15) is 0 Å². The molecule has 7 heteroatoms. The summed E-state index contributed by atoms with van der Waals surface area (Å²) in [5.41, 5.74) is 1.51. The zero-order valence-electron chi connectivity index (χ0n) is 20.2. The van der Waals surface area contributed by atoms with Crippen LogP contribution in [0.3, 0.4) is 0 Å². The van der Waals surface area contributed by atoms with Crippen molar-refractivity contribution in [3.8, 4) is 23.0 Å². The molecule has 2 aromatic carbocycles. The molecule has 0 N–H and O–H groups in total. The number of methoxy groups -OCH3 is 2. The minimum atomic E-state index is -0.169. The summed E-state index contributed by atoms with van der Waals surface area (Å²) < 4.78 is 9.87. The summed E-state index contributed by atoms with van der Waals surface area (Å²) >= 11 is 0. The summed E-state index contributed by atoms with van der Waals surface area (Å²) in [4.78, 5) is 23.4. The second-order valence-corrected chi connectivity index (χ2v) is 7.56. The monoisotopic (exact) mass is 536 g/mol. The van der Waals surface area contributed by atoms with Crippen LogP contribution in [0.25, 0.3) is 12.2 Å². The summed E-state index contributed by atoms with van der Waals surface area (Å²) in [6.07, 6.45) is 20.6. The third-order valence-corrected chi connectivity index (χ3v) is 5.12. The van der Waals surface area contributed by atoms with Crippen LogP contribution in [0.5, 0.6) is 23.0 Å². The molecule has 0 bridgehead atoms. The van der Waals surface area contributed by atoms with E-state index in [4.69, 9.17) is 9.47 Å². The van der Waals surface area contributed by atoms with E-state index in [1.807, 2.05) is 25.7 Å². The number of carbonyl (C=O) groups is 2. The van der Waals surface area contributed by atoms with Crippen molar-refractivity contribution >= 4 is 23.7 Å². The van der Waals surface area contributed by atoms with E-state index in [-0.39, 0.29) is 51.6 Å². The molecule has 0 aliphatic heterocycles. The van der Waals surface area contributed by atoms with Gasteiger partial charge in [-0.1, -0.05) is 47.9 Å². The van der Waals surface area contributed by atoms with E-state index < -0.39 is 0 Å². The zero-order valence-corrected chi connectivity index (χ0v) is 21.3. The van der Waals surface area contributed by atoms with Gasteiger partial charge in [0.05, 0.1) is 26.1 Å². The van der Waals surface area contributed by atoms with E-state index >= 15 is 0 Å². The SMILES string of the molecule is COc1cc(/C=C/C(=O)[C]2[CH][CH][CH][CH]2)ccc1[O-].COc1cc(/C=C/C(=O)[C]2[CH][CH][CH][CH]2)ccc1[O-].[Fe+2]. The Kier molecular flexibility index (Phi) is 12.5. The van der Waals surface area contributed by atoms with E-state index in [1.54, 1.807) is 62.1 Å². The average Bonchev–Trinajstić information content (AvgIpc) is 3.63. The van der Waals surface area contributed by atoms with Crippen molar-refractivity contribution in [3.05, 3.63) is 123 Å². The van der Waals surface area contributed by atoms with Crippen molar-refractivity contribution in [2.24, 2.45) is 0 Å². The molecule has 0 amide bonds. The van der Waals surface area contributed by atoms with Gasteiger partial charge in [-0.15, -0.1) is 0 Å². The molecule has 188 valence electrons. The minimum absolute atomic E-state index is 0. The second kappa shape index (κ2) is 15.3. The molecular weight excluding hydrogens is 512 g/mol. The van der Waals surface area contributed by atoms with Crippen molar-refractivity contribution in [1.82, 2.24) is 0 Å². The maximum atomic E-state index is 11.7. The number of carbonyl (C=O) groups excluding carboxylic acids is 2. The maximum Gasteiger partial charge on any atom is 2.00 e. The number of ketones is 2. The van der Waals surface area contributed by atoms with Crippen LogP contribution in [0.2, 0.25) is 0 Å². The van der Waals surface area contributed by atoms with Crippen LogP contribution >= 0.6 is 0 Å². The molecule has 2 saturated carbocycles. The molecule has 2 aliphatic rings. The maximum absolute atomic E-state index is 11.7. The average molecular weight is 536 g/mol. The zero-order chi connectivity index (χ0) is 25.9. The fourth-order valence-electron chi connectivity index (χ4n) is 3.19. The number of rotatable bonds is 8. The molecule has 0 heterocycles. The fraction of sp³-hybridized carbons (Fsp3) is 0.0667. The van der Waals surface area contributed by atoms with Crippen LogP contribution < -0.4 is 19.7 Å². The number of allylic oxidation sites excluding steroid dienone is 2. The molecule has 0 aromatic heterocycles. The topological polar surface area (TPSA) is 98.7 Å². The van der Waals surface area contributed by atoms with E-state index in [0.717, 1.165) is 11.1 Å². The normalized spacial score (nSPS) is 15.8. The third kappa shape index (κ3) is 9.10. The largest absolute Gasteiger partial charge is 2.00 e. The summed E-state index contributed by atoms with van der Waals surface area (Å²) in [5.74, 6) is 1.39. The Hall–Kier alpha value is -3.02. The van der Waals surface area contributed by atoms with Gasteiger partial charge in [0.2, 0.25) is 0 Å². The molecule has 2 fully saturated rings. The predicted molar refractivity (Wildman–Crippen MR) is 134 cm³/mol. The van der Waals surface area contributed by atoms with E-state index in [9.17, 15) is 19.8 Å². The van der Waals surface area contributed by atoms with Crippen molar-refractivity contribution in [1.29, 1.82) is 0 Å². The molecule has 2 aromatic rings. The van der Waals surface area contributed by atoms with Crippen LogP contribution in [0.4, 0.5) is 0 Å². The molecule has 4 rings (SSSR count). The van der Waals surface area contributed by atoms with E-state index in [2.05, 4.69) is 0 Å². The Morgan fingerprint density at radius 3 is 1.32 bits per heavy atom. The number of ether oxygens (including phenoxy) is 2. The first-order chi connectivity index (χ1) is 17.4. The Morgan fingerprint density at radius 2 is 1.00 bits per heavy atom. The smallest absolute Gasteiger partial charge is 0.870 e. The van der Waals surface area contributed by atoms with Crippen molar-refractivity contribution in [2.45, 2.75) is 0 Å². The molecule has 10 radical (unpaired) electrons. The van der Waals surface area contributed by atoms with Gasteiger partial charge in [0.25, 0.3) is 0 Å². The van der Waals surface area contributed by atoms with Gasteiger partial charge in [-0.25, -0.2) is 0 Å². The second-order valence-electron chi connectivity index (χ2n) is 7.56. The van der Waals surface area contributed by atoms with Gasteiger partial charge in [0.15, 0.2) is 11.6 Å². The Labute approximate surface area is 229 Å². The minimum Gasteiger partial charge on any atom is -0.870 e. The van der Waals surface area contributed by atoms with Crippen LogP contribution in [0, 0.1) is 63.2 Å². The van der Waals surface area contributed by atoms with Crippen molar-refractivity contribution < 1.29 is 46.3 Å². The number of benzene rings is 2. The predicted octanol–water partition coefficient (Wildman–Crippen LogP) is 3.51. The molecule has 0 unspecified atom stereocenters. The number of hydrogen-bond acceptors (Lipinski definition) is 6. The quantitative estimate of drug-likeness (QED) is 0.379. The Balaban J connectivity index is 0.000000253. The Bertz CT molecular complexity index is 1010. The summed E-state index contributed by atoms with van der Waals surface area (Å²) in [5, 5.41) is 22.6. The summed E-state index contributed by atoms with van der Waals surface area (Å²) in [6.45, 7) is 0. The van der Waals surface area contributed by atoms with E-state index in [1.165, 1.54) is 38.5 Å². The molecule has 2 aliphatic carbocycles. The van der Waals surface area contributed by atoms with Gasteiger partial charge in [-0.05, 0) is 86.8 Å². The fourth-order valence-corrected chi connectivity index (χ4v) is 3.19. The van der Waals surface area contributed by atoms with Crippen molar-refractivity contribution in [3.63, 3.8) is 0 Å². The molecule has 0 spiro atoms. The third-order valence-electron chi connectivity index (χ3n) is 5.12. The molecule has 37 heavy (non-hydrogen) atoms. The van der Waals surface area contributed by atoms with Crippen molar-refractivity contribution in [2.75, 3.05) is 14.2 Å². The Morgan fingerprint density at radius 1 is 0.649 bits per heavy atom. The van der Waals surface area contributed by atoms with Crippen LogP contribution in [0.15, 0.2) is 48.6 Å². The first kappa shape index (κ1) is 30.2. The van der Waals surface area contributed by atoms with Gasteiger partial charge >= 0.3 is 17.1 Å². The molecule has 6 nitrogen and oxygen atoms in total. The summed E-state index contributed by atoms with van der Waals surface area (Å²) in [7, 11) is 2.89. The van der Waals surface area contributed by atoms with Gasteiger partial charge < -0.3 is 19.7 Å². The summed E-state index contributed by atoms with van der Waals surface area (Å²) in [6, 6.07) is 9.37. The first-order valence-corrected chi connectivity index (χ1v) is 11.0. The van der Waals surface area contributed by atoms with Gasteiger partial charge in [0.1, 0.15) is 11.5 Å². The van der Waals surface area contributed by atoms with E-state index in [0.29, 0.717) is 11.8 Å². The first-order valence-electron chi connectivity index (χ1n) is 11.0. The molecular formula is C30H24FeO6. The van der Waals surface area contributed by atoms with Gasteiger partial charge in [-0.3, -0.25) is 9.59 Å². The van der Waals surface area contributed by atoms with Gasteiger partial charge in [0, 0.05) is 0 Å². The standard InChI is InChI=1S/2C15H13O3.Fe/c2*1-18-15-10-11(7-9-14(15)17)6-8-13(16)12-4-2-3-5-12;/h2*2-10,17H,1H3;/q;;+2/p-2/b2*8-6+;. The molecule has 0 atom stereocenters. The number of hydrogen-bond donors (Lipinski definition) is 0. The van der Waals surface area contributed by atoms with Crippen LogP contribution in [-0.2, 0) is 26.7 Å². The van der Waals surface area contributed by atoms with Crippen LogP contribution in [-0.4, -0.2) is 25.8 Å². The molecule has 0 saturated heterocycles. The van der Waals surface area contributed by atoms with Crippen LogP contribution in [0.1, 0.15) is 11.1 Å².